The van der Waals surface area contributed by atoms with Crippen LogP contribution in [0.15, 0.2) is 29.2 Å². The van der Waals surface area contributed by atoms with Gasteiger partial charge in [0.2, 0.25) is 0 Å². The van der Waals surface area contributed by atoms with Crippen molar-refractivity contribution in [2.75, 3.05) is 13.2 Å². The molecule has 0 saturated heterocycles. The molecule has 17 heavy (non-hydrogen) atoms. The number of rotatable bonds is 5. The van der Waals surface area contributed by atoms with Crippen molar-refractivity contribution in [1.29, 1.82) is 0 Å². The van der Waals surface area contributed by atoms with Crippen LogP contribution in [0.3, 0.4) is 0 Å². The molecule has 1 fully saturated rings. The van der Waals surface area contributed by atoms with E-state index in [0.717, 1.165) is 24.2 Å². The number of carbonyl (C=O) groups is 1. The molecule has 0 heterocycles. The van der Waals surface area contributed by atoms with Crippen LogP contribution < -0.4 is 5.32 Å². The zero-order valence-corrected chi connectivity index (χ0v) is 10.5. The Kier molecular flexibility index (Phi) is 3.74. The molecule has 4 heteroatoms. The largest absolute Gasteiger partial charge is 0.396 e. The van der Waals surface area contributed by atoms with Crippen LogP contribution in [-0.4, -0.2) is 24.2 Å². The molecule has 0 aromatic heterocycles. The molecule has 0 unspecified atom stereocenters. The lowest BCUT2D eigenvalue weighted by Crippen LogP contribution is -2.30. The van der Waals surface area contributed by atoms with Crippen molar-refractivity contribution in [2.45, 2.75) is 24.2 Å². The Labute approximate surface area is 107 Å². The summed E-state index contributed by atoms with van der Waals surface area (Å²) in [7, 11) is 0. The Hall–Kier alpha value is -1.00. The summed E-state index contributed by atoms with van der Waals surface area (Å²) in [6.07, 6.45) is 2.98. The molecule has 2 rings (SSSR count). The Morgan fingerprint density at radius 2 is 2.00 bits per heavy atom. The molecule has 1 aliphatic carbocycles. The summed E-state index contributed by atoms with van der Waals surface area (Å²) in [6.45, 7) is 0.860. The van der Waals surface area contributed by atoms with Gasteiger partial charge in [0.25, 0.3) is 5.91 Å². The summed E-state index contributed by atoms with van der Waals surface area (Å²) in [6, 6.07) is 7.14. The summed E-state index contributed by atoms with van der Waals surface area (Å²) in [5.74, 6) is -0.0532. The normalized spacial score (nSPS) is 16.6. The molecule has 0 aliphatic heterocycles. The number of nitrogens with one attached hydrogen (secondary N) is 1. The highest BCUT2D eigenvalue weighted by Gasteiger charge is 2.41. The second kappa shape index (κ2) is 5.10. The number of carbonyl (C=O) groups excluding carboxylic acids is 1. The predicted octanol–water partition coefficient (Wildman–Crippen LogP) is 1.87. The molecular formula is C13H17NO2S. The van der Waals surface area contributed by atoms with Crippen molar-refractivity contribution in [1.82, 2.24) is 5.32 Å². The summed E-state index contributed by atoms with van der Waals surface area (Å²) < 4.78 is 0. The molecule has 1 aliphatic rings. The lowest BCUT2D eigenvalue weighted by atomic mass is 10.0. The van der Waals surface area contributed by atoms with Gasteiger partial charge >= 0.3 is 0 Å². The topological polar surface area (TPSA) is 49.3 Å². The maximum Gasteiger partial charge on any atom is 0.251 e. The lowest BCUT2D eigenvalue weighted by Gasteiger charge is -2.14. The number of hydrogen-bond donors (Lipinski definition) is 3. The summed E-state index contributed by atoms with van der Waals surface area (Å²) in [5.41, 5.74) is 0.816. The average molecular weight is 251 g/mol. The van der Waals surface area contributed by atoms with Gasteiger partial charge < -0.3 is 10.4 Å². The van der Waals surface area contributed by atoms with Crippen LogP contribution in [0.5, 0.6) is 0 Å². The van der Waals surface area contributed by atoms with Gasteiger partial charge in [-0.3, -0.25) is 4.79 Å². The molecule has 0 atom stereocenters. The Bertz CT molecular complexity index is 398. The van der Waals surface area contributed by atoms with Crippen LogP contribution in [0, 0.1) is 5.41 Å². The van der Waals surface area contributed by atoms with E-state index in [1.54, 1.807) is 24.3 Å². The van der Waals surface area contributed by atoms with Crippen LogP contribution in [0.2, 0.25) is 0 Å². The van der Waals surface area contributed by atoms with E-state index in [1.165, 1.54) is 0 Å². The second-order valence-corrected chi connectivity index (χ2v) is 5.22. The smallest absolute Gasteiger partial charge is 0.251 e. The molecule has 1 aromatic rings. The highest BCUT2D eigenvalue weighted by molar-refractivity contribution is 7.80. The molecule has 1 aromatic carbocycles. The fourth-order valence-corrected chi connectivity index (χ4v) is 2.06. The minimum atomic E-state index is -0.0532. The lowest BCUT2D eigenvalue weighted by molar-refractivity contribution is 0.0941. The summed E-state index contributed by atoms with van der Waals surface area (Å²) >= 11 is 4.18. The minimum absolute atomic E-state index is 0.0532. The maximum atomic E-state index is 11.8. The van der Waals surface area contributed by atoms with Gasteiger partial charge in [0.15, 0.2) is 0 Å². The number of aliphatic hydroxyl groups is 1. The van der Waals surface area contributed by atoms with Crippen molar-refractivity contribution >= 4 is 18.5 Å². The highest BCUT2D eigenvalue weighted by atomic mass is 32.1. The van der Waals surface area contributed by atoms with Crippen molar-refractivity contribution in [2.24, 2.45) is 5.41 Å². The number of benzene rings is 1. The zero-order chi connectivity index (χ0) is 12.3. The van der Waals surface area contributed by atoms with E-state index in [4.69, 9.17) is 5.11 Å². The van der Waals surface area contributed by atoms with E-state index in [1.807, 2.05) is 0 Å². The van der Waals surface area contributed by atoms with E-state index in [0.29, 0.717) is 12.1 Å². The van der Waals surface area contributed by atoms with Gasteiger partial charge in [0.1, 0.15) is 0 Å². The summed E-state index contributed by atoms with van der Waals surface area (Å²) in [5, 5.41) is 11.9. The molecular weight excluding hydrogens is 234 g/mol. The van der Waals surface area contributed by atoms with E-state index in [9.17, 15) is 4.79 Å². The molecule has 0 radical (unpaired) electrons. The van der Waals surface area contributed by atoms with Gasteiger partial charge in [-0.05, 0) is 48.9 Å². The predicted molar refractivity (Wildman–Crippen MR) is 69.4 cm³/mol. The number of amides is 1. The standard InChI is InChI=1S/C13H17NO2S/c15-8-7-13(5-6-13)9-14-12(16)10-1-3-11(17)4-2-10/h1-4,15,17H,5-9H2,(H,14,16). The third kappa shape index (κ3) is 3.23. The van der Waals surface area contributed by atoms with Gasteiger partial charge in [-0.1, -0.05) is 0 Å². The number of thiol groups is 1. The van der Waals surface area contributed by atoms with Crippen molar-refractivity contribution in [3.63, 3.8) is 0 Å². The monoisotopic (exact) mass is 251 g/mol. The van der Waals surface area contributed by atoms with Gasteiger partial charge in [-0.2, -0.15) is 0 Å². The molecule has 3 nitrogen and oxygen atoms in total. The SMILES string of the molecule is O=C(NCC1(CCO)CC1)c1ccc(S)cc1. The van der Waals surface area contributed by atoms with Crippen LogP contribution in [-0.2, 0) is 0 Å². The fourth-order valence-electron chi connectivity index (χ4n) is 1.91. The van der Waals surface area contributed by atoms with Crippen molar-refractivity contribution in [3.8, 4) is 0 Å². The second-order valence-electron chi connectivity index (χ2n) is 4.70. The van der Waals surface area contributed by atoms with Crippen LogP contribution >= 0.6 is 12.6 Å². The molecule has 1 amide bonds. The highest BCUT2D eigenvalue weighted by Crippen LogP contribution is 2.47. The van der Waals surface area contributed by atoms with Crippen molar-refractivity contribution < 1.29 is 9.90 Å². The first-order valence-corrected chi connectivity index (χ1v) is 6.28. The van der Waals surface area contributed by atoms with Gasteiger partial charge in [0, 0.05) is 23.6 Å². The average Bonchev–Trinajstić information content (AvgIpc) is 3.08. The Morgan fingerprint density at radius 3 is 2.53 bits per heavy atom. The third-order valence-electron chi connectivity index (χ3n) is 3.35. The van der Waals surface area contributed by atoms with E-state index in [-0.39, 0.29) is 17.9 Å². The molecule has 1 saturated carbocycles. The van der Waals surface area contributed by atoms with Crippen molar-refractivity contribution in [3.05, 3.63) is 29.8 Å². The molecule has 0 spiro atoms. The van der Waals surface area contributed by atoms with E-state index in [2.05, 4.69) is 17.9 Å². The first-order valence-electron chi connectivity index (χ1n) is 5.83. The third-order valence-corrected chi connectivity index (χ3v) is 3.65. The van der Waals surface area contributed by atoms with Gasteiger partial charge in [-0.25, -0.2) is 0 Å². The van der Waals surface area contributed by atoms with Gasteiger partial charge in [0.05, 0.1) is 0 Å². The molecule has 0 bridgehead atoms. The van der Waals surface area contributed by atoms with Crippen LogP contribution in [0.1, 0.15) is 29.6 Å². The van der Waals surface area contributed by atoms with Crippen LogP contribution in [0.25, 0.3) is 0 Å². The Morgan fingerprint density at radius 1 is 1.35 bits per heavy atom. The summed E-state index contributed by atoms with van der Waals surface area (Å²) in [4.78, 5) is 12.7. The van der Waals surface area contributed by atoms with Gasteiger partial charge in [-0.15, -0.1) is 12.6 Å². The van der Waals surface area contributed by atoms with Crippen LogP contribution in [0.4, 0.5) is 0 Å². The first-order chi connectivity index (χ1) is 8.15. The zero-order valence-electron chi connectivity index (χ0n) is 9.65. The quantitative estimate of drug-likeness (QED) is 0.700. The van der Waals surface area contributed by atoms with E-state index >= 15 is 0 Å². The van der Waals surface area contributed by atoms with E-state index < -0.39 is 0 Å². The number of hydrogen-bond acceptors (Lipinski definition) is 3. The molecule has 2 N–H and O–H groups in total. The fraction of sp³-hybridized carbons (Fsp3) is 0.462. The number of aliphatic hydroxyl groups excluding tert-OH is 1. The Balaban J connectivity index is 1.87. The first kappa shape index (κ1) is 12.5. The molecule has 92 valence electrons. The minimum Gasteiger partial charge on any atom is -0.396 e. The maximum absolute atomic E-state index is 11.8.